The van der Waals surface area contributed by atoms with Gasteiger partial charge in [-0.3, -0.25) is 9.48 Å². The van der Waals surface area contributed by atoms with E-state index in [1.54, 1.807) is 4.68 Å². The lowest BCUT2D eigenvalue weighted by Gasteiger charge is -2.27. The van der Waals surface area contributed by atoms with Gasteiger partial charge in [-0.25, -0.2) is 0 Å². The molecule has 0 saturated heterocycles. The van der Waals surface area contributed by atoms with Gasteiger partial charge in [0.1, 0.15) is 23.8 Å². The van der Waals surface area contributed by atoms with E-state index in [0.717, 1.165) is 52.3 Å². The lowest BCUT2D eigenvalue weighted by molar-refractivity contribution is 0.0742. The van der Waals surface area contributed by atoms with E-state index in [4.69, 9.17) is 14.6 Å². The molecule has 2 heterocycles. The average Bonchev–Trinajstić information content (AvgIpc) is 3.53. The Balaban J connectivity index is 1.31. The Morgan fingerprint density at radius 1 is 0.791 bits per heavy atom. The molecule has 0 aliphatic carbocycles. The minimum Gasteiger partial charge on any atom is -0.494 e. The van der Waals surface area contributed by atoms with Gasteiger partial charge in [-0.2, -0.15) is 5.10 Å². The first kappa shape index (κ1) is 28.3. The number of ether oxygens (including phenoxy) is 2. The van der Waals surface area contributed by atoms with Crippen molar-refractivity contribution in [2.24, 2.45) is 7.05 Å². The Hall–Kier alpha value is -4.84. The number of hydrogen-bond donors (Lipinski definition) is 0. The van der Waals surface area contributed by atoms with Gasteiger partial charge in [0.15, 0.2) is 0 Å². The van der Waals surface area contributed by atoms with Gasteiger partial charge in [-0.1, -0.05) is 79.2 Å². The maximum absolute atomic E-state index is 14.0. The fourth-order valence-electron chi connectivity index (χ4n) is 5.67. The van der Waals surface area contributed by atoms with Crippen LogP contribution in [0.3, 0.4) is 0 Å². The van der Waals surface area contributed by atoms with Crippen molar-refractivity contribution in [2.75, 3.05) is 13.2 Å². The number of aryl methyl sites for hydroxylation is 2. The third-order valence-corrected chi connectivity index (χ3v) is 7.94. The van der Waals surface area contributed by atoms with E-state index in [1.807, 2.05) is 66.5 Å². The molecule has 218 valence electrons. The molecule has 0 spiro atoms. The fraction of sp³-hybridized carbons (Fsp3) is 0.243. The van der Waals surface area contributed by atoms with Gasteiger partial charge >= 0.3 is 0 Å². The first-order chi connectivity index (χ1) is 21.0. The molecular formula is C37H37N3O3. The van der Waals surface area contributed by atoms with Crippen LogP contribution in [-0.4, -0.2) is 33.7 Å². The number of carbonyl (C=O) groups is 1. The number of nitrogens with zero attached hydrogens (tertiary/aromatic N) is 3. The van der Waals surface area contributed by atoms with Crippen molar-refractivity contribution in [3.05, 3.63) is 137 Å². The van der Waals surface area contributed by atoms with Crippen molar-refractivity contribution in [1.82, 2.24) is 14.7 Å². The van der Waals surface area contributed by atoms with E-state index in [0.29, 0.717) is 25.5 Å². The van der Waals surface area contributed by atoms with Crippen LogP contribution in [0, 0.1) is 6.92 Å². The first-order valence-corrected chi connectivity index (χ1v) is 14.9. The Kier molecular flexibility index (Phi) is 8.27. The molecule has 0 fully saturated rings. The number of hydrogen-bond acceptors (Lipinski definition) is 4. The minimum absolute atomic E-state index is 0.00143. The second-order valence-electron chi connectivity index (χ2n) is 11.1. The van der Waals surface area contributed by atoms with E-state index in [9.17, 15) is 4.79 Å². The molecule has 6 nitrogen and oxygen atoms in total. The maximum Gasteiger partial charge on any atom is 0.273 e. The van der Waals surface area contributed by atoms with Crippen LogP contribution in [0.15, 0.2) is 103 Å². The van der Waals surface area contributed by atoms with Gasteiger partial charge in [0.25, 0.3) is 5.91 Å². The van der Waals surface area contributed by atoms with Crippen LogP contribution in [-0.2, 0) is 20.1 Å². The Bertz CT molecular complexity index is 1670. The number of aromatic nitrogens is 2. The van der Waals surface area contributed by atoms with Crippen LogP contribution >= 0.6 is 0 Å². The smallest absolute Gasteiger partial charge is 0.273 e. The van der Waals surface area contributed by atoms with Crippen LogP contribution in [0.4, 0.5) is 0 Å². The van der Waals surface area contributed by atoms with Gasteiger partial charge in [-0.05, 0) is 72.9 Å². The lowest BCUT2D eigenvalue weighted by atomic mass is 9.95. The summed E-state index contributed by atoms with van der Waals surface area (Å²) in [6.07, 6.45) is 1.72. The Morgan fingerprint density at radius 3 is 2.16 bits per heavy atom. The van der Waals surface area contributed by atoms with E-state index in [-0.39, 0.29) is 11.9 Å². The Morgan fingerprint density at radius 2 is 1.47 bits per heavy atom. The zero-order valence-electron chi connectivity index (χ0n) is 25.0. The zero-order chi connectivity index (χ0) is 29.8. The predicted octanol–water partition coefficient (Wildman–Crippen LogP) is 7.55. The van der Waals surface area contributed by atoms with Crippen LogP contribution in [0.25, 0.3) is 11.3 Å². The van der Waals surface area contributed by atoms with E-state index >= 15 is 0 Å². The molecule has 1 atom stereocenters. The summed E-state index contributed by atoms with van der Waals surface area (Å²) < 4.78 is 13.6. The number of fused-ring (bicyclic) bond motifs is 1. The number of amides is 1. The zero-order valence-corrected chi connectivity index (χ0v) is 25.0. The molecule has 0 N–H and O–H groups in total. The topological polar surface area (TPSA) is 56.6 Å². The Labute approximate surface area is 253 Å². The van der Waals surface area contributed by atoms with E-state index < -0.39 is 0 Å². The summed E-state index contributed by atoms with van der Waals surface area (Å²) in [6, 6.07) is 34.6. The quantitative estimate of drug-likeness (QED) is 0.164. The van der Waals surface area contributed by atoms with Crippen molar-refractivity contribution >= 4 is 5.91 Å². The van der Waals surface area contributed by atoms with Gasteiger partial charge in [0.2, 0.25) is 0 Å². The van der Waals surface area contributed by atoms with Crippen LogP contribution in [0.1, 0.15) is 57.7 Å². The predicted molar refractivity (Wildman–Crippen MR) is 169 cm³/mol. The van der Waals surface area contributed by atoms with E-state index in [1.165, 1.54) is 11.1 Å². The molecule has 0 saturated carbocycles. The van der Waals surface area contributed by atoms with E-state index in [2.05, 4.69) is 62.4 Å². The first-order valence-electron chi connectivity index (χ1n) is 14.9. The third kappa shape index (κ3) is 6.05. The van der Waals surface area contributed by atoms with Crippen LogP contribution in [0.2, 0.25) is 0 Å². The highest BCUT2D eigenvalue weighted by atomic mass is 16.5. The summed E-state index contributed by atoms with van der Waals surface area (Å²) in [5.74, 6) is 1.62. The van der Waals surface area contributed by atoms with Crippen molar-refractivity contribution in [3.63, 3.8) is 0 Å². The monoisotopic (exact) mass is 571 g/mol. The number of benzene rings is 4. The number of carbonyl (C=O) groups excluding carboxylic acids is 1. The molecule has 1 aromatic heterocycles. The molecule has 1 aliphatic heterocycles. The second kappa shape index (κ2) is 12.6. The highest BCUT2D eigenvalue weighted by molar-refractivity contribution is 6.00. The van der Waals surface area contributed by atoms with Crippen LogP contribution < -0.4 is 9.47 Å². The van der Waals surface area contributed by atoms with Crippen molar-refractivity contribution < 1.29 is 14.3 Å². The highest BCUT2D eigenvalue weighted by Crippen LogP contribution is 2.44. The molecule has 1 amide bonds. The van der Waals surface area contributed by atoms with Gasteiger partial charge in [-0.15, -0.1) is 0 Å². The summed E-state index contributed by atoms with van der Waals surface area (Å²) in [7, 11) is 1.86. The molecule has 0 radical (unpaired) electrons. The average molecular weight is 572 g/mol. The molecule has 1 aliphatic rings. The summed E-state index contributed by atoms with van der Waals surface area (Å²) in [5, 5.41) is 4.87. The summed E-state index contributed by atoms with van der Waals surface area (Å²) in [5.41, 5.74) is 7.94. The lowest BCUT2D eigenvalue weighted by Crippen LogP contribution is -2.32. The van der Waals surface area contributed by atoms with Gasteiger partial charge < -0.3 is 14.4 Å². The highest BCUT2D eigenvalue weighted by Gasteiger charge is 2.43. The molecule has 4 aromatic carbocycles. The largest absolute Gasteiger partial charge is 0.494 e. The summed E-state index contributed by atoms with van der Waals surface area (Å²) in [4.78, 5) is 16.0. The molecule has 0 bridgehead atoms. The van der Waals surface area contributed by atoms with Crippen molar-refractivity contribution in [1.29, 1.82) is 0 Å². The number of rotatable bonds is 11. The second-order valence-corrected chi connectivity index (χ2v) is 11.1. The maximum atomic E-state index is 14.0. The van der Waals surface area contributed by atoms with Crippen LogP contribution in [0.5, 0.6) is 11.5 Å². The van der Waals surface area contributed by atoms with Crippen molar-refractivity contribution in [2.45, 2.75) is 39.3 Å². The standard InChI is InChI=1S/C37H37N3O3/c1-4-24-42-31-20-16-30(17-21-31)35-33-34(29-14-18-32(19-15-29)43-25-28-12-10-26(2)11-13-28)38-39(3)36(33)37(41)40(35)23-22-27-8-6-5-7-9-27/h5-21,35H,4,22-25H2,1-3H3/t35-/m0/s1. The molecule has 5 aromatic rings. The molecule has 0 unspecified atom stereocenters. The van der Waals surface area contributed by atoms with Crippen molar-refractivity contribution in [3.8, 4) is 22.8 Å². The molecule has 6 rings (SSSR count). The minimum atomic E-state index is -0.257. The SMILES string of the molecule is CCCOc1ccc([C@H]2c3c(-c4ccc(OCc5ccc(C)cc5)cc4)nn(C)c3C(=O)N2CCc2ccccc2)cc1. The van der Waals surface area contributed by atoms with Gasteiger partial charge in [0, 0.05) is 24.7 Å². The molecule has 6 heteroatoms. The normalized spacial score (nSPS) is 14.2. The molecule has 43 heavy (non-hydrogen) atoms. The molecular weight excluding hydrogens is 534 g/mol. The summed E-state index contributed by atoms with van der Waals surface area (Å²) in [6.45, 7) is 5.95. The summed E-state index contributed by atoms with van der Waals surface area (Å²) >= 11 is 0. The fourth-order valence-corrected chi connectivity index (χ4v) is 5.67. The van der Waals surface area contributed by atoms with Gasteiger partial charge in [0.05, 0.1) is 18.3 Å². The third-order valence-electron chi connectivity index (χ3n) is 7.94.